The first-order valence-corrected chi connectivity index (χ1v) is 10.8. The molecule has 0 saturated carbocycles. The summed E-state index contributed by atoms with van der Waals surface area (Å²) in [6.07, 6.45) is -0.964. The summed E-state index contributed by atoms with van der Waals surface area (Å²) in [6, 6.07) is 9.49. The Labute approximate surface area is 198 Å². The molecule has 2 aromatic heterocycles. The highest BCUT2D eigenvalue weighted by Gasteiger charge is 2.38. The van der Waals surface area contributed by atoms with Crippen molar-refractivity contribution in [3.05, 3.63) is 77.4 Å². The van der Waals surface area contributed by atoms with E-state index in [1.54, 1.807) is 12.3 Å². The Balaban J connectivity index is 1.49. The van der Waals surface area contributed by atoms with Crippen molar-refractivity contribution >= 4 is 11.9 Å². The van der Waals surface area contributed by atoms with Gasteiger partial charge in [0.1, 0.15) is 0 Å². The number of rotatable bonds is 7. The summed E-state index contributed by atoms with van der Waals surface area (Å²) in [6.45, 7) is 0.775. The molecule has 1 amide bonds. The number of methoxy groups -OCH3 is 1. The number of hydrogen-bond donors (Lipinski definition) is 1. The number of likely N-dealkylation sites (tertiary alicyclic amines) is 1. The van der Waals surface area contributed by atoms with Gasteiger partial charge in [-0.25, -0.2) is 9.48 Å². The number of carbonyl (C=O) groups excluding carboxylic acids is 2. The smallest absolute Gasteiger partial charge is 0.416 e. The fourth-order valence-electron chi connectivity index (χ4n) is 4.04. The highest BCUT2D eigenvalue weighted by atomic mass is 19.4. The van der Waals surface area contributed by atoms with Crippen LogP contribution >= 0.6 is 0 Å². The first-order chi connectivity index (χ1) is 16.7. The van der Waals surface area contributed by atoms with Crippen LogP contribution in [0, 0.1) is 0 Å². The van der Waals surface area contributed by atoms with Crippen molar-refractivity contribution in [1.29, 1.82) is 0 Å². The predicted octanol–water partition coefficient (Wildman–Crippen LogP) is 2.61. The normalized spacial score (nSPS) is 18.4. The number of pyridine rings is 1. The Morgan fingerprint density at radius 2 is 2.03 bits per heavy atom. The minimum atomic E-state index is -4.46. The van der Waals surface area contributed by atoms with Crippen molar-refractivity contribution in [3.63, 3.8) is 0 Å². The third kappa shape index (κ3) is 5.83. The fourth-order valence-corrected chi connectivity index (χ4v) is 4.04. The summed E-state index contributed by atoms with van der Waals surface area (Å²) in [7, 11) is 1.25. The van der Waals surface area contributed by atoms with E-state index in [2.05, 4.69) is 25.3 Å². The predicted molar refractivity (Wildman–Crippen MR) is 117 cm³/mol. The number of amides is 1. The highest BCUT2D eigenvalue weighted by Crippen LogP contribution is 2.30. The quantitative estimate of drug-likeness (QED) is 0.510. The average molecular weight is 488 g/mol. The molecule has 1 fully saturated rings. The Bertz CT molecular complexity index is 1180. The topological polar surface area (TPSA) is 102 Å². The van der Waals surface area contributed by atoms with Gasteiger partial charge in [-0.2, -0.15) is 13.2 Å². The number of ether oxygens (including phenoxy) is 1. The van der Waals surface area contributed by atoms with Crippen LogP contribution in [0.4, 0.5) is 13.2 Å². The number of nitrogens with zero attached hydrogens (tertiary/aromatic N) is 5. The largest absolute Gasteiger partial charge is 0.464 e. The van der Waals surface area contributed by atoms with Gasteiger partial charge in [0.05, 0.1) is 36.6 Å². The van der Waals surface area contributed by atoms with Crippen molar-refractivity contribution in [2.45, 2.75) is 37.8 Å². The van der Waals surface area contributed by atoms with Crippen molar-refractivity contribution in [2.24, 2.45) is 0 Å². The number of nitrogens with one attached hydrogen (secondary N) is 1. The van der Waals surface area contributed by atoms with E-state index in [-0.39, 0.29) is 24.2 Å². The monoisotopic (exact) mass is 488 g/mol. The van der Waals surface area contributed by atoms with Gasteiger partial charge in [-0.05, 0) is 36.2 Å². The third-order valence-electron chi connectivity index (χ3n) is 5.78. The van der Waals surface area contributed by atoms with Crippen LogP contribution < -0.4 is 5.32 Å². The van der Waals surface area contributed by atoms with E-state index in [1.165, 1.54) is 30.1 Å². The van der Waals surface area contributed by atoms with E-state index >= 15 is 0 Å². The molecule has 0 bridgehead atoms. The van der Waals surface area contributed by atoms with Crippen LogP contribution in [0.1, 0.15) is 39.8 Å². The minimum absolute atomic E-state index is 0.0445. The van der Waals surface area contributed by atoms with E-state index in [0.29, 0.717) is 25.1 Å². The van der Waals surface area contributed by atoms with Gasteiger partial charge in [0.2, 0.25) is 5.91 Å². The number of aromatic nitrogens is 4. The average Bonchev–Trinajstić information content (AvgIpc) is 3.50. The lowest BCUT2D eigenvalue weighted by atomic mass is 10.1. The summed E-state index contributed by atoms with van der Waals surface area (Å²) >= 11 is 0. The van der Waals surface area contributed by atoms with E-state index < -0.39 is 23.8 Å². The van der Waals surface area contributed by atoms with Crippen LogP contribution in [-0.2, 0) is 28.8 Å². The number of halogens is 3. The number of esters is 1. The van der Waals surface area contributed by atoms with Gasteiger partial charge in [-0.3, -0.25) is 14.7 Å². The minimum Gasteiger partial charge on any atom is -0.464 e. The molecule has 0 aliphatic carbocycles. The SMILES string of the molecule is COC(=O)c1cn([C@@H]2C[C@@H](C(=O)NCc3cccc(C(F)(F)F)c3)N(Cc3ccccn3)C2)nn1. The molecule has 3 aromatic rings. The van der Waals surface area contributed by atoms with Crippen LogP contribution in [0.3, 0.4) is 0 Å². The first kappa shape index (κ1) is 24.3. The van der Waals surface area contributed by atoms with E-state index in [9.17, 15) is 22.8 Å². The Morgan fingerprint density at radius 1 is 1.20 bits per heavy atom. The molecular formula is C23H23F3N6O3. The molecule has 12 heteroatoms. The zero-order valence-electron chi connectivity index (χ0n) is 18.8. The van der Waals surface area contributed by atoms with Crippen molar-refractivity contribution in [1.82, 2.24) is 30.2 Å². The molecule has 3 heterocycles. The second-order valence-electron chi connectivity index (χ2n) is 8.15. The lowest BCUT2D eigenvalue weighted by Crippen LogP contribution is -2.42. The van der Waals surface area contributed by atoms with Crippen molar-refractivity contribution in [3.8, 4) is 0 Å². The molecule has 2 atom stereocenters. The van der Waals surface area contributed by atoms with Crippen LogP contribution in [0.5, 0.6) is 0 Å². The molecule has 184 valence electrons. The van der Waals surface area contributed by atoms with Gasteiger partial charge < -0.3 is 10.1 Å². The summed E-state index contributed by atoms with van der Waals surface area (Å²) in [5.74, 6) is -0.941. The Morgan fingerprint density at radius 3 is 2.74 bits per heavy atom. The molecule has 1 saturated heterocycles. The molecule has 9 nitrogen and oxygen atoms in total. The highest BCUT2D eigenvalue weighted by molar-refractivity contribution is 5.86. The van der Waals surface area contributed by atoms with Gasteiger partial charge in [0.15, 0.2) is 5.69 Å². The molecule has 0 unspecified atom stereocenters. The summed E-state index contributed by atoms with van der Waals surface area (Å²) in [5.41, 5.74) is 0.395. The lowest BCUT2D eigenvalue weighted by molar-refractivity contribution is -0.137. The Hall–Kier alpha value is -3.80. The maximum Gasteiger partial charge on any atom is 0.416 e. The lowest BCUT2D eigenvalue weighted by Gasteiger charge is -2.23. The molecule has 1 aliphatic rings. The zero-order valence-corrected chi connectivity index (χ0v) is 18.8. The number of alkyl halides is 3. The molecule has 1 N–H and O–H groups in total. The van der Waals surface area contributed by atoms with Gasteiger partial charge >= 0.3 is 12.1 Å². The molecular weight excluding hydrogens is 465 g/mol. The molecule has 4 rings (SSSR count). The van der Waals surface area contributed by atoms with E-state index in [4.69, 9.17) is 0 Å². The van der Waals surface area contributed by atoms with Crippen LogP contribution in [0.25, 0.3) is 0 Å². The van der Waals surface area contributed by atoms with Gasteiger partial charge in [-0.15, -0.1) is 5.10 Å². The van der Waals surface area contributed by atoms with Crippen LogP contribution in [0.15, 0.2) is 54.9 Å². The molecule has 35 heavy (non-hydrogen) atoms. The van der Waals surface area contributed by atoms with Gasteiger partial charge in [0, 0.05) is 25.8 Å². The molecule has 1 aromatic carbocycles. The standard InChI is InChI=1S/C23H23F3N6O3/c1-35-22(34)19-14-32(30-29-19)18-10-20(31(13-18)12-17-7-2-3-8-27-17)21(33)28-11-15-5-4-6-16(9-15)23(24,25)26/h2-9,14,18,20H,10-13H2,1H3,(H,28,33)/t18-,20+/m1/s1. The Kier molecular flexibility index (Phi) is 7.10. The number of carbonyl (C=O) groups is 2. The number of benzene rings is 1. The molecule has 1 aliphatic heterocycles. The number of hydrogen-bond acceptors (Lipinski definition) is 7. The summed E-state index contributed by atoms with van der Waals surface area (Å²) in [4.78, 5) is 31.1. The van der Waals surface area contributed by atoms with E-state index in [1.807, 2.05) is 17.0 Å². The summed E-state index contributed by atoms with van der Waals surface area (Å²) < 4.78 is 45.2. The second-order valence-corrected chi connectivity index (χ2v) is 8.15. The molecule has 0 spiro atoms. The van der Waals surface area contributed by atoms with Crippen molar-refractivity contribution in [2.75, 3.05) is 13.7 Å². The van der Waals surface area contributed by atoms with Gasteiger partial charge in [0.25, 0.3) is 0 Å². The van der Waals surface area contributed by atoms with Crippen molar-refractivity contribution < 1.29 is 27.5 Å². The zero-order chi connectivity index (χ0) is 25.0. The third-order valence-corrected chi connectivity index (χ3v) is 5.78. The maximum atomic E-state index is 13.1. The summed E-state index contributed by atoms with van der Waals surface area (Å²) in [5, 5.41) is 10.6. The second kappa shape index (κ2) is 10.2. The first-order valence-electron chi connectivity index (χ1n) is 10.8. The fraction of sp³-hybridized carbons (Fsp3) is 0.348. The molecule has 0 radical (unpaired) electrons. The van der Waals surface area contributed by atoms with E-state index in [0.717, 1.165) is 17.8 Å². The van der Waals surface area contributed by atoms with Crippen LogP contribution in [0.2, 0.25) is 0 Å². The van der Waals surface area contributed by atoms with Gasteiger partial charge in [-0.1, -0.05) is 23.4 Å². The maximum absolute atomic E-state index is 13.1. The van der Waals surface area contributed by atoms with Crippen LogP contribution in [-0.4, -0.2) is 56.5 Å².